The highest BCUT2D eigenvalue weighted by atomic mass is 79.9. The highest BCUT2D eigenvalue weighted by Gasteiger charge is 2.10. The molecule has 0 saturated carbocycles. The number of halogens is 1. The number of aromatic nitrogens is 2. The summed E-state index contributed by atoms with van der Waals surface area (Å²) in [5, 5.41) is 3.23. The molecule has 2 rings (SSSR count). The Morgan fingerprint density at radius 1 is 1.25 bits per heavy atom. The molecule has 0 amide bonds. The summed E-state index contributed by atoms with van der Waals surface area (Å²) in [6, 6.07) is 8.06. The highest BCUT2D eigenvalue weighted by Crippen LogP contribution is 2.27. The van der Waals surface area contributed by atoms with Crippen molar-refractivity contribution in [1.82, 2.24) is 9.97 Å². The molecule has 1 aromatic carbocycles. The largest absolute Gasteiger partial charge is 0.378 e. The third-order valence-electron chi connectivity index (χ3n) is 2.79. The van der Waals surface area contributed by atoms with Crippen LogP contribution < -0.4 is 5.32 Å². The minimum Gasteiger partial charge on any atom is -0.378 e. The molecular formula is C15H18BrN3O. The Morgan fingerprint density at radius 3 is 2.70 bits per heavy atom. The van der Waals surface area contributed by atoms with Crippen molar-refractivity contribution in [2.45, 2.75) is 20.5 Å². The lowest BCUT2D eigenvalue weighted by atomic mass is 10.1. The molecule has 20 heavy (non-hydrogen) atoms. The first-order chi connectivity index (χ1) is 9.63. The molecule has 1 aromatic heterocycles. The molecule has 1 N–H and O–H groups in total. The van der Waals surface area contributed by atoms with Gasteiger partial charge in [0.15, 0.2) is 5.82 Å². The van der Waals surface area contributed by atoms with Crippen LogP contribution in [0.3, 0.4) is 0 Å². The second-order valence-electron chi connectivity index (χ2n) is 4.51. The van der Waals surface area contributed by atoms with Crippen LogP contribution >= 0.6 is 15.9 Å². The molecule has 0 bridgehead atoms. The van der Waals surface area contributed by atoms with Gasteiger partial charge in [-0.25, -0.2) is 9.97 Å². The van der Waals surface area contributed by atoms with E-state index in [1.54, 1.807) is 7.11 Å². The highest BCUT2D eigenvalue weighted by molar-refractivity contribution is 9.10. The van der Waals surface area contributed by atoms with Crippen LogP contribution in [0.4, 0.5) is 5.82 Å². The fourth-order valence-corrected chi connectivity index (χ4v) is 2.58. The summed E-state index contributed by atoms with van der Waals surface area (Å²) < 4.78 is 6.17. The van der Waals surface area contributed by atoms with Gasteiger partial charge in [0.1, 0.15) is 5.82 Å². The zero-order valence-electron chi connectivity index (χ0n) is 11.9. The van der Waals surface area contributed by atoms with Crippen molar-refractivity contribution in [3.8, 4) is 11.4 Å². The first-order valence-corrected chi connectivity index (χ1v) is 7.30. The second-order valence-corrected chi connectivity index (χ2v) is 5.37. The fourth-order valence-electron chi connectivity index (χ4n) is 1.91. The van der Waals surface area contributed by atoms with Gasteiger partial charge in [0.05, 0.1) is 12.3 Å². The molecule has 5 heteroatoms. The van der Waals surface area contributed by atoms with Crippen LogP contribution in [0, 0.1) is 6.92 Å². The van der Waals surface area contributed by atoms with Gasteiger partial charge < -0.3 is 10.1 Å². The SMILES string of the molecule is CCNc1cc(COC)nc(-c2ccc(C)cc2Br)n1. The number of anilines is 1. The van der Waals surface area contributed by atoms with Crippen molar-refractivity contribution in [1.29, 1.82) is 0 Å². The summed E-state index contributed by atoms with van der Waals surface area (Å²) in [4.78, 5) is 9.12. The Labute approximate surface area is 127 Å². The molecule has 0 spiro atoms. The number of aryl methyl sites for hydroxylation is 1. The van der Waals surface area contributed by atoms with Gasteiger partial charge in [-0.15, -0.1) is 0 Å². The lowest BCUT2D eigenvalue weighted by molar-refractivity contribution is 0.181. The van der Waals surface area contributed by atoms with Crippen LogP contribution in [0.15, 0.2) is 28.7 Å². The molecule has 0 fully saturated rings. The number of hydrogen-bond donors (Lipinski definition) is 1. The van der Waals surface area contributed by atoms with E-state index in [2.05, 4.69) is 50.3 Å². The summed E-state index contributed by atoms with van der Waals surface area (Å²) in [5.74, 6) is 1.51. The maximum atomic E-state index is 5.17. The number of hydrogen-bond acceptors (Lipinski definition) is 4. The lowest BCUT2D eigenvalue weighted by Crippen LogP contribution is -2.05. The van der Waals surface area contributed by atoms with Crippen LogP contribution in [0.25, 0.3) is 11.4 Å². The van der Waals surface area contributed by atoms with Gasteiger partial charge in [0.2, 0.25) is 0 Å². The molecule has 106 valence electrons. The number of ether oxygens (including phenoxy) is 1. The Bertz CT molecular complexity index is 577. The molecular weight excluding hydrogens is 318 g/mol. The van der Waals surface area contributed by atoms with E-state index in [9.17, 15) is 0 Å². The van der Waals surface area contributed by atoms with Crippen LogP contribution in [0.5, 0.6) is 0 Å². The second kappa shape index (κ2) is 6.81. The van der Waals surface area contributed by atoms with E-state index in [4.69, 9.17) is 4.74 Å². The van der Waals surface area contributed by atoms with Gasteiger partial charge in [0.25, 0.3) is 0 Å². The van der Waals surface area contributed by atoms with Crippen molar-refractivity contribution in [3.05, 3.63) is 40.0 Å². The first-order valence-electron chi connectivity index (χ1n) is 6.51. The third-order valence-corrected chi connectivity index (χ3v) is 3.45. The molecule has 0 aliphatic heterocycles. The van der Waals surface area contributed by atoms with Crippen LogP contribution in [-0.4, -0.2) is 23.6 Å². The normalized spacial score (nSPS) is 10.6. The zero-order valence-corrected chi connectivity index (χ0v) is 13.5. The predicted molar refractivity (Wildman–Crippen MR) is 84.8 cm³/mol. The fraction of sp³-hybridized carbons (Fsp3) is 0.333. The molecule has 0 radical (unpaired) electrons. The van der Waals surface area contributed by atoms with Crippen molar-refractivity contribution in [2.24, 2.45) is 0 Å². The van der Waals surface area contributed by atoms with Gasteiger partial charge >= 0.3 is 0 Å². The van der Waals surface area contributed by atoms with E-state index in [-0.39, 0.29) is 0 Å². The predicted octanol–water partition coefficient (Wildman–Crippen LogP) is 3.79. The number of methoxy groups -OCH3 is 1. The van der Waals surface area contributed by atoms with E-state index in [0.717, 1.165) is 28.1 Å². The van der Waals surface area contributed by atoms with E-state index in [1.807, 2.05) is 19.1 Å². The smallest absolute Gasteiger partial charge is 0.162 e. The quantitative estimate of drug-likeness (QED) is 0.902. The van der Waals surface area contributed by atoms with Gasteiger partial charge in [-0.05, 0) is 31.5 Å². The minimum atomic E-state index is 0.470. The molecule has 4 nitrogen and oxygen atoms in total. The number of nitrogens with zero attached hydrogens (tertiary/aromatic N) is 2. The average Bonchev–Trinajstić information content (AvgIpc) is 2.39. The lowest BCUT2D eigenvalue weighted by Gasteiger charge is -2.10. The van der Waals surface area contributed by atoms with Crippen molar-refractivity contribution >= 4 is 21.7 Å². The zero-order chi connectivity index (χ0) is 14.5. The van der Waals surface area contributed by atoms with Gasteiger partial charge in [-0.2, -0.15) is 0 Å². The molecule has 0 aliphatic carbocycles. The Balaban J connectivity index is 2.48. The van der Waals surface area contributed by atoms with Crippen molar-refractivity contribution in [2.75, 3.05) is 19.0 Å². The minimum absolute atomic E-state index is 0.470. The van der Waals surface area contributed by atoms with Gasteiger partial charge in [-0.3, -0.25) is 0 Å². The van der Waals surface area contributed by atoms with E-state index in [1.165, 1.54) is 5.56 Å². The molecule has 2 aromatic rings. The van der Waals surface area contributed by atoms with E-state index >= 15 is 0 Å². The average molecular weight is 336 g/mol. The van der Waals surface area contributed by atoms with Crippen LogP contribution in [-0.2, 0) is 11.3 Å². The van der Waals surface area contributed by atoms with Gasteiger partial charge in [0, 0.05) is 29.8 Å². The molecule has 0 unspecified atom stereocenters. The molecule has 0 aliphatic rings. The Morgan fingerprint density at radius 2 is 2.05 bits per heavy atom. The standard InChI is InChI=1S/C15H18BrN3O/c1-4-17-14-8-11(9-20-3)18-15(19-14)12-6-5-10(2)7-13(12)16/h5-8H,4,9H2,1-3H3,(H,17,18,19). The molecule has 0 atom stereocenters. The third kappa shape index (κ3) is 3.55. The summed E-state index contributed by atoms with van der Waals surface area (Å²) in [6.07, 6.45) is 0. The number of rotatable bonds is 5. The topological polar surface area (TPSA) is 47.0 Å². The van der Waals surface area contributed by atoms with Gasteiger partial charge in [-0.1, -0.05) is 22.0 Å². The summed E-state index contributed by atoms with van der Waals surface area (Å²) in [6.45, 7) is 5.38. The number of nitrogens with one attached hydrogen (secondary N) is 1. The number of benzene rings is 1. The van der Waals surface area contributed by atoms with Crippen molar-refractivity contribution in [3.63, 3.8) is 0 Å². The maximum absolute atomic E-state index is 5.17. The monoisotopic (exact) mass is 335 g/mol. The first kappa shape index (κ1) is 14.9. The summed E-state index contributed by atoms with van der Waals surface area (Å²) in [7, 11) is 1.66. The Hall–Kier alpha value is -1.46. The van der Waals surface area contributed by atoms with E-state index < -0.39 is 0 Å². The molecule has 0 saturated heterocycles. The summed E-state index contributed by atoms with van der Waals surface area (Å²) >= 11 is 3.58. The van der Waals surface area contributed by atoms with E-state index in [0.29, 0.717) is 12.4 Å². The van der Waals surface area contributed by atoms with Crippen molar-refractivity contribution < 1.29 is 4.74 Å². The Kier molecular flexibility index (Phi) is 5.09. The van der Waals surface area contributed by atoms with Crippen LogP contribution in [0.1, 0.15) is 18.2 Å². The maximum Gasteiger partial charge on any atom is 0.162 e. The summed E-state index contributed by atoms with van der Waals surface area (Å²) in [5.41, 5.74) is 3.04. The van der Waals surface area contributed by atoms with Crippen LogP contribution in [0.2, 0.25) is 0 Å². The molecule has 1 heterocycles.